The molecule has 0 bridgehead atoms. The summed E-state index contributed by atoms with van der Waals surface area (Å²) in [5.41, 5.74) is 0. The van der Waals surface area contributed by atoms with E-state index >= 15 is 0 Å². The van der Waals surface area contributed by atoms with Crippen LogP contribution in [0.3, 0.4) is 0 Å². The molecule has 2 rings (SSSR count). The second-order valence-electron chi connectivity index (χ2n) is 4.77. The first-order valence-electron chi connectivity index (χ1n) is 5.77. The number of aliphatic hydroxyl groups is 1. The Kier molecular flexibility index (Phi) is 3.14. The van der Waals surface area contributed by atoms with Crippen LogP contribution in [-0.2, 0) is 9.59 Å². The summed E-state index contributed by atoms with van der Waals surface area (Å²) in [6.07, 6.45) is 1.96. The molecule has 2 fully saturated rings. The molecule has 1 aliphatic carbocycles. The number of aliphatic hydroxyl groups excluding tert-OH is 1. The number of nitrogens with zero attached hydrogens (tertiary/aromatic N) is 1. The van der Waals surface area contributed by atoms with E-state index < -0.39 is 12.1 Å². The van der Waals surface area contributed by atoms with Gasteiger partial charge in [0, 0.05) is 19.0 Å². The summed E-state index contributed by atoms with van der Waals surface area (Å²) < 4.78 is 0. The maximum absolute atomic E-state index is 12.0. The summed E-state index contributed by atoms with van der Waals surface area (Å²) in [5.74, 6) is -1.27. The highest BCUT2D eigenvalue weighted by Crippen LogP contribution is 2.33. The number of carboxylic acid groups (broad SMARTS) is 1. The average Bonchev–Trinajstić information content (AvgIpc) is 2.84. The number of aliphatic carboxylic acids is 1. The zero-order valence-electron chi connectivity index (χ0n) is 9.13. The number of carbonyl (C=O) groups is 2. The molecule has 90 valence electrons. The highest BCUT2D eigenvalue weighted by atomic mass is 16.4. The van der Waals surface area contributed by atoms with E-state index in [1.165, 1.54) is 0 Å². The van der Waals surface area contributed by atoms with E-state index in [-0.39, 0.29) is 17.7 Å². The number of hydrogen-bond donors (Lipinski definition) is 2. The van der Waals surface area contributed by atoms with Crippen molar-refractivity contribution in [2.45, 2.75) is 31.8 Å². The van der Waals surface area contributed by atoms with E-state index in [1.54, 1.807) is 4.90 Å². The van der Waals surface area contributed by atoms with Gasteiger partial charge in [0.15, 0.2) is 0 Å². The monoisotopic (exact) mass is 227 g/mol. The number of carboxylic acids is 1. The number of likely N-dealkylation sites (tertiary alicyclic amines) is 1. The van der Waals surface area contributed by atoms with E-state index in [0.29, 0.717) is 38.8 Å². The Labute approximate surface area is 94.0 Å². The minimum absolute atomic E-state index is 0.0281. The van der Waals surface area contributed by atoms with Crippen LogP contribution in [0.25, 0.3) is 0 Å². The summed E-state index contributed by atoms with van der Waals surface area (Å²) in [4.78, 5) is 24.4. The fourth-order valence-corrected chi connectivity index (χ4v) is 2.63. The molecular formula is C11H17NO4. The number of β-amino-alcohol motifs (C(OH)–C–C–N with tert-alkyl or cyclic N) is 1. The van der Waals surface area contributed by atoms with Gasteiger partial charge in [0.2, 0.25) is 5.91 Å². The Bertz CT molecular complexity index is 304. The van der Waals surface area contributed by atoms with Gasteiger partial charge in [-0.15, -0.1) is 0 Å². The van der Waals surface area contributed by atoms with E-state index in [4.69, 9.17) is 5.11 Å². The summed E-state index contributed by atoms with van der Waals surface area (Å²) in [6.45, 7) is 1.02. The van der Waals surface area contributed by atoms with Crippen LogP contribution in [0.2, 0.25) is 0 Å². The lowest BCUT2D eigenvalue weighted by atomic mass is 10.0. The molecule has 0 aromatic rings. The van der Waals surface area contributed by atoms with Crippen molar-refractivity contribution in [3.8, 4) is 0 Å². The van der Waals surface area contributed by atoms with E-state index in [2.05, 4.69) is 0 Å². The van der Waals surface area contributed by atoms with Crippen LogP contribution < -0.4 is 0 Å². The molecule has 2 aliphatic rings. The summed E-state index contributed by atoms with van der Waals surface area (Å²) in [5, 5.41) is 18.2. The molecule has 5 nitrogen and oxygen atoms in total. The Balaban J connectivity index is 1.89. The van der Waals surface area contributed by atoms with Gasteiger partial charge in [-0.3, -0.25) is 9.59 Å². The highest BCUT2D eigenvalue weighted by molar-refractivity contribution is 5.81. The van der Waals surface area contributed by atoms with Gasteiger partial charge >= 0.3 is 5.97 Å². The molecule has 1 amide bonds. The fourth-order valence-electron chi connectivity index (χ4n) is 2.63. The molecule has 0 radical (unpaired) electrons. The fraction of sp³-hybridized carbons (Fsp3) is 0.818. The molecule has 1 heterocycles. The first-order valence-corrected chi connectivity index (χ1v) is 5.77. The van der Waals surface area contributed by atoms with Crippen LogP contribution in [0.5, 0.6) is 0 Å². The number of hydrogen-bond acceptors (Lipinski definition) is 3. The van der Waals surface area contributed by atoms with Crippen LogP contribution in [0.15, 0.2) is 0 Å². The first kappa shape index (κ1) is 11.4. The number of amides is 1. The first-order chi connectivity index (χ1) is 7.58. The summed E-state index contributed by atoms with van der Waals surface area (Å²) in [6, 6.07) is 0. The van der Waals surface area contributed by atoms with Crippen LogP contribution in [0.1, 0.15) is 25.7 Å². The van der Waals surface area contributed by atoms with Gasteiger partial charge in [-0.1, -0.05) is 0 Å². The van der Waals surface area contributed by atoms with Crippen molar-refractivity contribution in [1.29, 1.82) is 0 Å². The van der Waals surface area contributed by atoms with Gasteiger partial charge in [-0.2, -0.15) is 0 Å². The maximum Gasteiger partial charge on any atom is 0.306 e. The molecule has 5 heteroatoms. The van der Waals surface area contributed by atoms with Gasteiger partial charge in [0.1, 0.15) is 0 Å². The number of rotatable bonds is 2. The molecule has 1 aliphatic heterocycles. The third kappa shape index (κ3) is 2.19. The van der Waals surface area contributed by atoms with Crippen molar-refractivity contribution >= 4 is 11.9 Å². The van der Waals surface area contributed by atoms with E-state index in [9.17, 15) is 14.7 Å². The molecule has 0 aromatic heterocycles. The lowest BCUT2D eigenvalue weighted by molar-refractivity contribution is -0.141. The Hall–Kier alpha value is -1.10. The zero-order valence-corrected chi connectivity index (χ0v) is 9.13. The molecule has 16 heavy (non-hydrogen) atoms. The third-order valence-corrected chi connectivity index (χ3v) is 3.61. The van der Waals surface area contributed by atoms with Crippen LogP contribution >= 0.6 is 0 Å². The predicted octanol–water partition coefficient (Wildman–Crippen LogP) is 0.0805. The van der Waals surface area contributed by atoms with Crippen molar-refractivity contribution in [2.75, 3.05) is 13.1 Å². The Morgan fingerprint density at radius 1 is 1.12 bits per heavy atom. The van der Waals surface area contributed by atoms with Crippen molar-refractivity contribution in [3.05, 3.63) is 0 Å². The second kappa shape index (κ2) is 4.41. The van der Waals surface area contributed by atoms with E-state index in [0.717, 1.165) is 0 Å². The van der Waals surface area contributed by atoms with Crippen LogP contribution in [0.4, 0.5) is 0 Å². The topological polar surface area (TPSA) is 77.8 Å². The molecule has 0 spiro atoms. The predicted molar refractivity (Wildman–Crippen MR) is 55.7 cm³/mol. The van der Waals surface area contributed by atoms with Crippen LogP contribution in [-0.4, -0.2) is 46.2 Å². The molecular weight excluding hydrogens is 210 g/mol. The second-order valence-corrected chi connectivity index (χ2v) is 4.77. The molecule has 3 unspecified atom stereocenters. The highest BCUT2D eigenvalue weighted by Gasteiger charge is 2.37. The van der Waals surface area contributed by atoms with Crippen molar-refractivity contribution in [1.82, 2.24) is 4.90 Å². The van der Waals surface area contributed by atoms with E-state index in [1.807, 2.05) is 0 Å². The third-order valence-electron chi connectivity index (χ3n) is 3.61. The summed E-state index contributed by atoms with van der Waals surface area (Å²) in [7, 11) is 0. The normalized spacial score (nSPS) is 34.3. The minimum atomic E-state index is -0.795. The van der Waals surface area contributed by atoms with Crippen LogP contribution in [0, 0.1) is 11.8 Å². The lowest BCUT2D eigenvalue weighted by Gasteiger charge is -2.19. The largest absolute Gasteiger partial charge is 0.481 e. The van der Waals surface area contributed by atoms with Crippen molar-refractivity contribution in [2.24, 2.45) is 11.8 Å². The smallest absolute Gasteiger partial charge is 0.306 e. The van der Waals surface area contributed by atoms with Gasteiger partial charge in [-0.05, 0) is 25.7 Å². The lowest BCUT2D eigenvalue weighted by Crippen LogP contribution is -2.34. The molecule has 1 saturated heterocycles. The molecule has 3 atom stereocenters. The zero-order chi connectivity index (χ0) is 11.7. The Morgan fingerprint density at radius 2 is 1.81 bits per heavy atom. The Morgan fingerprint density at radius 3 is 2.31 bits per heavy atom. The van der Waals surface area contributed by atoms with Gasteiger partial charge in [-0.25, -0.2) is 0 Å². The quantitative estimate of drug-likeness (QED) is 0.700. The average molecular weight is 227 g/mol. The minimum Gasteiger partial charge on any atom is -0.481 e. The maximum atomic E-state index is 12.0. The molecule has 1 saturated carbocycles. The van der Waals surface area contributed by atoms with Gasteiger partial charge in [0.05, 0.1) is 12.0 Å². The molecule has 2 N–H and O–H groups in total. The van der Waals surface area contributed by atoms with Gasteiger partial charge < -0.3 is 15.1 Å². The van der Waals surface area contributed by atoms with Crippen molar-refractivity contribution in [3.63, 3.8) is 0 Å². The standard InChI is InChI=1S/C11H17NO4/c13-9-3-4-12(6-9)10(14)7-1-2-8(5-7)11(15)16/h7-9,13H,1-6H2,(H,15,16). The molecule has 0 aromatic carbocycles. The van der Waals surface area contributed by atoms with Gasteiger partial charge in [0.25, 0.3) is 0 Å². The SMILES string of the molecule is O=C(O)C1CCC(C(=O)N2CCC(O)C2)C1. The number of carbonyl (C=O) groups excluding carboxylic acids is 1. The summed E-state index contributed by atoms with van der Waals surface area (Å²) >= 11 is 0. The van der Waals surface area contributed by atoms with Crippen molar-refractivity contribution < 1.29 is 19.8 Å².